The van der Waals surface area contributed by atoms with Gasteiger partial charge in [-0.15, -0.1) is 0 Å². The quantitative estimate of drug-likeness (QED) is 0.777. The number of halogens is 1. The first-order chi connectivity index (χ1) is 11.2. The lowest BCUT2D eigenvalue weighted by Gasteiger charge is -2.02. The molecule has 1 aromatic heterocycles. The van der Waals surface area contributed by atoms with Crippen molar-refractivity contribution in [1.82, 2.24) is 10.1 Å². The highest BCUT2D eigenvalue weighted by Gasteiger charge is 2.14. The monoisotopic (exact) mass is 328 g/mol. The average Bonchev–Trinajstić information content (AvgIpc) is 3.05. The Morgan fingerprint density at radius 2 is 2.04 bits per heavy atom. The lowest BCUT2D eigenvalue weighted by atomic mass is 10.2. The van der Waals surface area contributed by atoms with E-state index in [4.69, 9.17) is 20.9 Å². The Labute approximate surface area is 137 Å². The highest BCUT2D eigenvalue weighted by Crippen LogP contribution is 2.29. The van der Waals surface area contributed by atoms with Gasteiger partial charge in [0.15, 0.2) is 0 Å². The third-order valence-corrected chi connectivity index (χ3v) is 3.41. The third-order valence-electron chi connectivity index (χ3n) is 3.14. The van der Waals surface area contributed by atoms with Crippen LogP contribution in [0.25, 0.3) is 22.5 Å². The summed E-state index contributed by atoms with van der Waals surface area (Å²) in [7, 11) is 1.58. The van der Waals surface area contributed by atoms with Gasteiger partial charge in [-0.25, -0.2) is 0 Å². The molecule has 0 spiro atoms. The predicted molar refractivity (Wildman–Crippen MR) is 88.1 cm³/mol. The molecule has 0 bridgehead atoms. The molecule has 0 atom stereocenters. The molecular formula is C17H13ClN2O3. The number of methoxy groups -OCH3 is 1. The number of hydrogen-bond acceptors (Lipinski definition) is 5. The Hall–Kier alpha value is -2.79. The van der Waals surface area contributed by atoms with Crippen LogP contribution >= 0.6 is 11.6 Å². The van der Waals surface area contributed by atoms with Crippen molar-refractivity contribution >= 4 is 22.7 Å². The molecular weight excluding hydrogens is 316 g/mol. The van der Waals surface area contributed by atoms with Gasteiger partial charge in [0.05, 0.1) is 12.7 Å². The first-order valence-corrected chi connectivity index (χ1v) is 7.19. The van der Waals surface area contributed by atoms with Crippen molar-refractivity contribution in [3.05, 3.63) is 60.0 Å². The van der Waals surface area contributed by atoms with E-state index in [9.17, 15) is 5.11 Å². The maximum absolute atomic E-state index is 9.47. The SMILES string of the molecule is COc1ccccc1-c1noc(/C(Cl)=C/c2cccc(O)c2)n1. The van der Waals surface area contributed by atoms with E-state index < -0.39 is 0 Å². The van der Waals surface area contributed by atoms with E-state index in [0.29, 0.717) is 17.1 Å². The standard InChI is InChI=1S/C17H13ClN2O3/c1-22-15-8-3-2-7-13(15)16-19-17(23-20-16)14(18)10-11-5-4-6-12(21)9-11/h2-10,21H,1H3/b14-10-. The van der Waals surface area contributed by atoms with Gasteiger partial charge >= 0.3 is 0 Å². The van der Waals surface area contributed by atoms with Crippen molar-refractivity contribution in [2.75, 3.05) is 7.11 Å². The molecule has 3 aromatic rings. The first-order valence-electron chi connectivity index (χ1n) is 6.81. The van der Waals surface area contributed by atoms with Crippen LogP contribution < -0.4 is 4.74 Å². The van der Waals surface area contributed by atoms with Crippen LogP contribution in [0, 0.1) is 0 Å². The fourth-order valence-electron chi connectivity index (χ4n) is 2.08. The zero-order valence-electron chi connectivity index (χ0n) is 12.2. The Balaban J connectivity index is 1.92. The molecule has 0 radical (unpaired) electrons. The van der Waals surface area contributed by atoms with Crippen molar-refractivity contribution < 1.29 is 14.4 Å². The van der Waals surface area contributed by atoms with Gasteiger partial charge in [-0.2, -0.15) is 4.98 Å². The number of hydrogen-bond donors (Lipinski definition) is 1. The second-order valence-corrected chi connectivity index (χ2v) is 5.12. The van der Waals surface area contributed by atoms with E-state index in [1.165, 1.54) is 0 Å². The van der Waals surface area contributed by atoms with Crippen LogP contribution in [-0.4, -0.2) is 22.4 Å². The first kappa shape index (κ1) is 15.1. The third kappa shape index (κ3) is 3.35. The largest absolute Gasteiger partial charge is 0.508 e. The number of aromatic hydroxyl groups is 1. The molecule has 0 aliphatic heterocycles. The van der Waals surface area contributed by atoms with Crippen LogP contribution in [0.1, 0.15) is 11.5 Å². The molecule has 0 aliphatic carbocycles. The molecule has 6 heteroatoms. The minimum atomic E-state index is 0.156. The van der Waals surface area contributed by atoms with Crippen molar-refractivity contribution in [3.63, 3.8) is 0 Å². The minimum Gasteiger partial charge on any atom is -0.508 e. The normalized spacial score (nSPS) is 11.5. The zero-order valence-corrected chi connectivity index (χ0v) is 13.0. The zero-order chi connectivity index (χ0) is 16.2. The van der Waals surface area contributed by atoms with E-state index >= 15 is 0 Å². The Morgan fingerprint density at radius 3 is 2.83 bits per heavy atom. The maximum Gasteiger partial charge on any atom is 0.269 e. The van der Waals surface area contributed by atoms with Gasteiger partial charge in [-0.3, -0.25) is 0 Å². The Bertz CT molecular complexity index is 858. The molecule has 1 heterocycles. The van der Waals surface area contributed by atoms with Gasteiger partial charge in [0.1, 0.15) is 16.5 Å². The van der Waals surface area contributed by atoms with E-state index in [-0.39, 0.29) is 16.7 Å². The second-order valence-electron chi connectivity index (χ2n) is 4.71. The van der Waals surface area contributed by atoms with Crippen LogP contribution in [0.2, 0.25) is 0 Å². The number of nitrogens with zero attached hydrogens (tertiary/aromatic N) is 2. The summed E-state index contributed by atoms with van der Waals surface area (Å²) in [5.41, 5.74) is 1.44. The van der Waals surface area contributed by atoms with Gasteiger partial charge in [0, 0.05) is 0 Å². The maximum atomic E-state index is 9.47. The molecule has 0 fully saturated rings. The lowest BCUT2D eigenvalue weighted by Crippen LogP contribution is -1.88. The molecule has 5 nitrogen and oxygen atoms in total. The predicted octanol–water partition coefficient (Wildman–Crippen LogP) is 4.19. The number of benzene rings is 2. The van der Waals surface area contributed by atoms with Crippen molar-refractivity contribution in [2.24, 2.45) is 0 Å². The average molecular weight is 329 g/mol. The number of para-hydroxylation sites is 1. The summed E-state index contributed by atoms with van der Waals surface area (Å²) in [4.78, 5) is 4.29. The Kier molecular flexibility index (Phi) is 4.30. The number of phenols is 1. The minimum absolute atomic E-state index is 0.156. The van der Waals surface area contributed by atoms with Crippen LogP contribution in [-0.2, 0) is 0 Å². The molecule has 0 saturated carbocycles. The van der Waals surface area contributed by atoms with E-state index in [1.807, 2.05) is 24.3 Å². The summed E-state index contributed by atoms with van der Waals surface area (Å²) in [6.07, 6.45) is 1.64. The highest BCUT2D eigenvalue weighted by molar-refractivity contribution is 6.50. The number of phenolic OH excluding ortho intramolecular Hbond substituents is 1. The summed E-state index contributed by atoms with van der Waals surface area (Å²) in [6.45, 7) is 0. The molecule has 2 aromatic carbocycles. The van der Waals surface area contributed by atoms with Crippen LogP contribution in [0.15, 0.2) is 53.1 Å². The fraction of sp³-hybridized carbons (Fsp3) is 0.0588. The van der Waals surface area contributed by atoms with E-state index in [1.54, 1.807) is 37.5 Å². The summed E-state index contributed by atoms with van der Waals surface area (Å²) in [6, 6.07) is 14.1. The molecule has 116 valence electrons. The molecule has 0 amide bonds. The molecule has 3 rings (SSSR count). The molecule has 0 saturated heterocycles. The van der Waals surface area contributed by atoms with Crippen molar-refractivity contribution in [3.8, 4) is 22.9 Å². The number of aromatic nitrogens is 2. The van der Waals surface area contributed by atoms with E-state index in [0.717, 1.165) is 5.56 Å². The summed E-state index contributed by atoms with van der Waals surface area (Å²) >= 11 is 6.22. The summed E-state index contributed by atoms with van der Waals surface area (Å²) < 4.78 is 10.5. The van der Waals surface area contributed by atoms with Gasteiger partial charge < -0.3 is 14.4 Å². The number of rotatable bonds is 4. The van der Waals surface area contributed by atoms with Gasteiger partial charge in [0.2, 0.25) is 5.82 Å². The second kappa shape index (κ2) is 6.54. The molecule has 0 unspecified atom stereocenters. The van der Waals surface area contributed by atoms with Gasteiger partial charge in [-0.1, -0.05) is 41.0 Å². The van der Waals surface area contributed by atoms with Crippen LogP contribution in [0.3, 0.4) is 0 Å². The fourth-order valence-corrected chi connectivity index (χ4v) is 2.28. The molecule has 1 N–H and O–H groups in total. The van der Waals surface area contributed by atoms with Gasteiger partial charge in [-0.05, 0) is 35.9 Å². The lowest BCUT2D eigenvalue weighted by molar-refractivity contribution is 0.406. The van der Waals surface area contributed by atoms with Crippen molar-refractivity contribution in [2.45, 2.75) is 0 Å². The van der Waals surface area contributed by atoms with Crippen molar-refractivity contribution in [1.29, 1.82) is 0 Å². The van der Waals surface area contributed by atoms with E-state index in [2.05, 4.69) is 10.1 Å². The number of ether oxygens (including phenoxy) is 1. The molecule has 23 heavy (non-hydrogen) atoms. The Morgan fingerprint density at radius 1 is 1.22 bits per heavy atom. The molecule has 0 aliphatic rings. The highest BCUT2D eigenvalue weighted by atomic mass is 35.5. The van der Waals surface area contributed by atoms with Crippen LogP contribution in [0.5, 0.6) is 11.5 Å². The smallest absolute Gasteiger partial charge is 0.269 e. The van der Waals surface area contributed by atoms with Crippen LogP contribution in [0.4, 0.5) is 0 Å². The summed E-state index contributed by atoms with van der Waals surface area (Å²) in [5.74, 6) is 1.38. The topological polar surface area (TPSA) is 68.4 Å². The van der Waals surface area contributed by atoms with Gasteiger partial charge in [0.25, 0.3) is 5.89 Å². The summed E-state index contributed by atoms with van der Waals surface area (Å²) in [5, 5.41) is 13.7.